The summed E-state index contributed by atoms with van der Waals surface area (Å²) in [4.78, 5) is 2.35. The first-order chi connectivity index (χ1) is 7.41. The highest BCUT2D eigenvalue weighted by Crippen LogP contribution is 2.16. The first kappa shape index (κ1) is 15.9. The molecule has 3 heteroatoms. The third-order valence-corrected chi connectivity index (χ3v) is 2.60. The Kier molecular flexibility index (Phi) is 7.98. The van der Waals surface area contributed by atoms with Crippen LogP contribution in [0.5, 0.6) is 0 Å². The summed E-state index contributed by atoms with van der Waals surface area (Å²) in [6.45, 7) is 15.3. The number of nitrogens with zero attached hydrogens (tertiary/aromatic N) is 1. The maximum atomic E-state index is 9.02. The Morgan fingerprint density at radius 3 is 2.31 bits per heavy atom. The van der Waals surface area contributed by atoms with E-state index in [2.05, 4.69) is 44.8 Å². The molecule has 0 amide bonds. The van der Waals surface area contributed by atoms with Crippen LogP contribution < -0.4 is 5.32 Å². The van der Waals surface area contributed by atoms with E-state index in [0.717, 1.165) is 32.6 Å². The van der Waals surface area contributed by atoms with Gasteiger partial charge < -0.3 is 15.3 Å². The van der Waals surface area contributed by atoms with Gasteiger partial charge in [0.1, 0.15) is 0 Å². The van der Waals surface area contributed by atoms with E-state index in [1.165, 1.54) is 0 Å². The van der Waals surface area contributed by atoms with E-state index in [9.17, 15) is 0 Å². The van der Waals surface area contributed by atoms with Crippen molar-refractivity contribution in [3.8, 4) is 0 Å². The van der Waals surface area contributed by atoms with Gasteiger partial charge >= 0.3 is 0 Å². The molecule has 0 unspecified atom stereocenters. The number of rotatable bonds is 9. The highest BCUT2D eigenvalue weighted by Gasteiger charge is 2.21. The van der Waals surface area contributed by atoms with Crippen LogP contribution in [-0.2, 0) is 0 Å². The van der Waals surface area contributed by atoms with Crippen molar-refractivity contribution < 1.29 is 5.11 Å². The molecule has 0 aliphatic carbocycles. The molecule has 0 bridgehead atoms. The minimum Gasteiger partial charge on any atom is -0.395 e. The Balaban J connectivity index is 4.06. The summed E-state index contributed by atoms with van der Waals surface area (Å²) >= 11 is 0. The third-order valence-electron chi connectivity index (χ3n) is 2.60. The van der Waals surface area contributed by atoms with Gasteiger partial charge in [0.2, 0.25) is 0 Å². The molecule has 0 aromatic rings. The summed E-state index contributed by atoms with van der Waals surface area (Å²) in [6.07, 6.45) is 1.15. The van der Waals surface area contributed by atoms with Crippen LogP contribution in [-0.4, -0.2) is 48.8 Å². The van der Waals surface area contributed by atoms with Crippen molar-refractivity contribution >= 4 is 0 Å². The van der Waals surface area contributed by atoms with Crippen molar-refractivity contribution in [1.82, 2.24) is 10.2 Å². The van der Waals surface area contributed by atoms with E-state index in [1.54, 1.807) is 0 Å². The fraction of sp³-hybridized carbons (Fsp3) is 1.00. The van der Waals surface area contributed by atoms with E-state index < -0.39 is 0 Å². The second kappa shape index (κ2) is 8.04. The van der Waals surface area contributed by atoms with Crippen LogP contribution in [0.1, 0.15) is 41.0 Å². The lowest BCUT2D eigenvalue weighted by Crippen LogP contribution is -2.43. The smallest absolute Gasteiger partial charge is 0.0558 e. The van der Waals surface area contributed by atoms with Crippen molar-refractivity contribution in [3.05, 3.63) is 0 Å². The van der Waals surface area contributed by atoms with E-state index in [4.69, 9.17) is 5.11 Å². The molecule has 0 radical (unpaired) electrons. The first-order valence-electron chi connectivity index (χ1n) is 6.48. The van der Waals surface area contributed by atoms with Crippen LogP contribution >= 0.6 is 0 Å². The number of hydrogen-bond acceptors (Lipinski definition) is 3. The van der Waals surface area contributed by atoms with Gasteiger partial charge in [-0.25, -0.2) is 0 Å². The molecule has 2 N–H and O–H groups in total. The summed E-state index contributed by atoms with van der Waals surface area (Å²) in [7, 11) is 0. The van der Waals surface area contributed by atoms with Gasteiger partial charge in [-0.1, -0.05) is 34.6 Å². The van der Waals surface area contributed by atoms with Gasteiger partial charge in [0.25, 0.3) is 0 Å². The quantitative estimate of drug-likeness (QED) is 0.633. The van der Waals surface area contributed by atoms with Gasteiger partial charge in [0.05, 0.1) is 6.61 Å². The standard InChI is InChI=1S/C13H30N2O/c1-6-7-15(8-9-16)11-13(4,5)10-14-12(2)3/h12,14,16H,6-11H2,1-5H3. The molecular formula is C13H30N2O. The molecule has 0 aromatic heterocycles. The Bertz CT molecular complexity index is 163. The lowest BCUT2D eigenvalue weighted by Gasteiger charge is -2.33. The number of aliphatic hydroxyl groups is 1. The van der Waals surface area contributed by atoms with Crippen LogP contribution in [0.15, 0.2) is 0 Å². The van der Waals surface area contributed by atoms with Crippen LogP contribution in [0.4, 0.5) is 0 Å². The van der Waals surface area contributed by atoms with Crippen molar-refractivity contribution in [2.75, 3.05) is 32.8 Å². The van der Waals surface area contributed by atoms with Crippen molar-refractivity contribution in [2.24, 2.45) is 5.41 Å². The Labute approximate surface area is 101 Å². The third kappa shape index (κ3) is 8.08. The summed E-state index contributed by atoms with van der Waals surface area (Å²) in [6, 6.07) is 0.539. The lowest BCUT2D eigenvalue weighted by molar-refractivity contribution is 0.141. The van der Waals surface area contributed by atoms with Crippen LogP contribution in [0.2, 0.25) is 0 Å². The molecular weight excluding hydrogens is 200 g/mol. The van der Waals surface area contributed by atoms with E-state index in [0.29, 0.717) is 6.04 Å². The van der Waals surface area contributed by atoms with Crippen molar-refractivity contribution in [2.45, 2.75) is 47.1 Å². The lowest BCUT2D eigenvalue weighted by atomic mass is 9.92. The van der Waals surface area contributed by atoms with Crippen molar-refractivity contribution in [3.63, 3.8) is 0 Å². The largest absolute Gasteiger partial charge is 0.395 e. The van der Waals surface area contributed by atoms with Gasteiger partial charge in [0, 0.05) is 25.7 Å². The second-order valence-electron chi connectivity index (χ2n) is 5.70. The topological polar surface area (TPSA) is 35.5 Å². The zero-order valence-corrected chi connectivity index (χ0v) is 11.7. The zero-order chi connectivity index (χ0) is 12.6. The van der Waals surface area contributed by atoms with Crippen molar-refractivity contribution in [1.29, 1.82) is 0 Å². The summed E-state index contributed by atoms with van der Waals surface area (Å²) in [5.41, 5.74) is 0.259. The zero-order valence-electron chi connectivity index (χ0n) is 11.7. The molecule has 0 saturated carbocycles. The fourth-order valence-corrected chi connectivity index (χ4v) is 1.87. The Morgan fingerprint density at radius 1 is 1.25 bits per heavy atom. The molecule has 0 saturated heterocycles. The van der Waals surface area contributed by atoms with Gasteiger partial charge in [0.15, 0.2) is 0 Å². The molecule has 0 aromatic carbocycles. The summed E-state index contributed by atoms with van der Waals surface area (Å²) in [5.74, 6) is 0. The van der Waals surface area contributed by atoms with E-state index >= 15 is 0 Å². The average molecular weight is 230 g/mol. The van der Waals surface area contributed by atoms with E-state index in [1.807, 2.05) is 0 Å². The predicted octanol–water partition coefficient (Wildman–Crippen LogP) is 1.71. The van der Waals surface area contributed by atoms with Crippen LogP contribution in [0, 0.1) is 5.41 Å². The normalized spacial score (nSPS) is 12.8. The molecule has 0 aliphatic heterocycles. The Morgan fingerprint density at radius 2 is 1.88 bits per heavy atom. The molecule has 0 atom stereocenters. The highest BCUT2D eigenvalue weighted by molar-refractivity contribution is 4.77. The molecule has 3 nitrogen and oxygen atoms in total. The van der Waals surface area contributed by atoms with Gasteiger partial charge in [-0.05, 0) is 18.4 Å². The number of aliphatic hydroxyl groups excluding tert-OH is 1. The van der Waals surface area contributed by atoms with Crippen LogP contribution in [0.3, 0.4) is 0 Å². The molecule has 0 rings (SSSR count). The van der Waals surface area contributed by atoms with Crippen LogP contribution in [0.25, 0.3) is 0 Å². The molecule has 0 heterocycles. The summed E-state index contributed by atoms with van der Waals surface area (Å²) in [5, 5.41) is 12.5. The molecule has 0 fully saturated rings. The Hall–Kier alpha value is -0.120. The second-order valence-corrected chi connectivity index (χ2v) is 5.70. The number of nitrogens with one attached hydrogen (secondary N) is 1. The maximum Gasteiger partial charge on any atom is 0.0558 e. The van der Waals surface area contributed by atoms with Gasteiger partial charge in [-0.3, -0.25) is 0 Å². The van der Waals surface area contributed by atoms with Gasteiger partial charge in [-0.2, -0.15) is 0 Å². The average Bonchev–Trinajstić information content (AvgIpc) is 2.15. The monoisotopic (exact) mass is 230 g/mol. The van der Waals surface area contributed by atoms with Gasteiger partial charge in [-0.15, -0.1) is 0 Å². The highest BCUT2D eigenvalue weighted by atomic mass is 16.3. The maximum absolute atomic E-state index is 9.02. The number of hydrogen-bond donors (Lipinski definition) is 2. The first-order valence-corrected chi connectivity index (χ1v) is 6.48. The minimum absolute atomic E-state index is 0.258. The minimum atomic E-state index is 0.258. The molecule has 16 heavy (non-hydrogen) atoms. The SMILES string of the molecule is CCCN(CCO)CC(C)(C)CNC(C)C. The summed E-state index contributed by atoms with van der Waals surface area (Å²) < 4.78 is 0. The molecule has 0 spiro atoms. The fourth-order valence-electron chi connectivity index (χ4n) is 1.87. The van der Waals surface area contributed by atoms with E-state index in [-0.39, 0.29) is 12.0 Å². The molecule has 98 valence electrons. The molecule has 0 aliphatic rings. The predicted molar refractivity (Wildman–Crippen MR) is 70.7 cm³/mol.